The minimum Gasteiger partial charge on any atom is -0.366 e. The molecule has 4 aromatic rings. The van der Waals surface area contributed by atoms with Gasteiger partial charge in [-0.2, -0.15) is 0 Å². The highest BCUT2D eigenvalue weighted by Crippen LogP contribution is 2.27. The number of rotatable bonds is 6. The first-order chi connectivity index (χ1) is 14.2. The van der Waals surface area contributed by atoms with E-state index in [1.807, 2.05) is 30.6 Å². The van der Waals surface area contributed by atoms with Crippen LogP contribution in [0.25, 0.3) is 22.5 Å². The molecule has 144 valence electrons. The summed E-state index contributed by atoms with van der Waals surface area (Å²) < 4.78 is 0. The normalized spacial score (nSPS) is 10.9. The maximum absolute atomic E-state index is 4.74. The van der Waals surface area contributed by atoms with Crippen LogP contribution in [0, 0.1) is 0 Å². The van der Waals surface area contributed by atoms with Crippen molar-refractivity contribution in [2.75, 3.05) is 5.32 Å². The predicted octanol–water partition coefficient (Wildman–Crippen LogP) is 5.94. The Morgan fingerprint density at radius 2 is 1.66 bits per heavy atom. The highest BCUT2D eigenvalue weighted by molar-refractivity contribution is 5.63. The molecular weight excluding hydrogens is 356 g/mol. The number of nitrogens with one attached hydrogen (secondary N) is 1. The van der Waals surface area contributed by atoms with Gasteiger partial charge in [0.05, 0.1) is 0 Å². The van der Waals surface area contributed by atoms with Crippen LogP contribution in [0.4, 0.5) is 5.82 Å². The van der Waals surface area contributed by atoms with Gasteiger partial charge in [0, 0.05) is 30.7 Å². The van der Waals surface area contributed by atoms with Gasteiger partial charge in [0.2, 0.25) is 0 Å². The Morgan fingerprint density at radius 3 is 2.41 bits per heavy atom. The first-order valence-electron chi connectivity index (χ1n) is 9.86. The van der Waals surface area contributed by atoms with Gasteiger partial charge in [0.1, 0.15) is 5.82 Å². The lowest BCUT2D eigenvalue weighted by molar-refractivity contribution is 0.866. The fourth-order valence-electron chi connectivity index (χ4n) is 3.33. The van der Waals surface area contributed by atoms with E-state index >= 15 is 0 Å². The largest absolute Gasteiger partial charge is 0.366 e. The van der Waals surface area contributed by atoms with E-state index in [2.05, 4.69) is 77.7 Å². The van der Waals surface area contributed by atoms with Gasteiger partial charge in [0.15, 0.2) is 5.82 Å². The third kappa shape index (κ3) is 4.49. The Morgan fingerprint density at radius 1 is 0.828 bits per heavy atom. The van der Waals surface area contributed by atoms with Crippen molar-refractivity contribution in [3.63, 3.8) is 0 Å². The second kappa shape index (κ2) is 8.65. The molecule has 29 heavy (non-hydrogen) atoms. The molecule has 0 bridgehead atoms. The van der Waals surface area contributed by atoms with E-state index in [0.29, 0.717) is 12.5 Å². The molecule has 0 aliphatic rings. The van der Waals surface area contributed by atoms with Crippen molar-refractivity contribution >= 4 is 5.82 Å². The van der Waals surface area contributed by atoms with E-state index in [1.54, 1.807) is 6.20 Å². The molecule has 0 atom stereocenters. The van der Waals surface area contributed by atoms with Gasteiger partial charge in [-0.1, -0.05) is 68.4 Å². The number of hydrogen-bond donors (Lipinski definition) is 1. The van der Waals surface area contributed by atoms with E-state index in [4.69, 9.17) is 4.98 Å². The first-order valence-corrected chi connectivity index (χ1v) is 9.86. The summed E-state index contributed by atoms with van der Waals surface area (Å²) in [6.07, 6.45) is 5.48. The molecule has 0 aliphatic carbocycles. The molecule has 4 heteroatoms. The van der Waals surface area contributed by atoms with E-state index in [1.165, 1.54) is 11.1 Å². The smallest absolute Gasteiger partial charge is 0.161 e. The third-order valence-electron chi connectivity index (χ3n) is 4.90. The van der Waals surface area contributed by atoms with Crippen LogP contribution in [-0.4, -0.2) is 15.0 Å². The molecule has 4 nitrogen and oxygen atoms in total. The summed E-state index contributed by atoms with van der Waals surface area (Å²) in [6.45, 7) is 5.09. The van der Waals surface area contributed by atoms with Gasteiger partial charge in [-0.15, -0.1) is 0 Å². The van der Waals surface area contributed by atoms with Crippen molar-refractivity contribution in [3.8, 4) is 22.5 Å². The highest BCUT2D eigenvalue weighted by atomic mass is 15.0. The second-order valence-corrected chi connectivity index (χ2v) is 7.30. The lowest BCUT2D eigenvalue weighted by atomic mass is 9.97. The summed E-state index contributed by atoms with van der Waals surface area (Å²) in [5.74, 6) is 2.00. The van der Waals surface area contributed by atoms with Crippen molar-refractivity contribution in [1.82, 2.24) is 15.0 Å². The van der Waals surface area contributed by atoms with Crippen LogP contribution >= 0.6 is 0 Å². The van der Waals surface area contributed by atoms with Crippen LogP contribution in [0.5, 0.6) is 0 Å². The molecule has 0 fully saturated rings. The monoisotopic (exact) mass is 380 g/mol. The second-order valence-electron chi connectivity index (χ2n) is 7.30. The Hall–Kier alpha value is -3.53. The number of anilines is 1. The minimum absolute atomic E-state index is 0.421. The Balaban J connectivity index is 1.48. The zero-order chi connectivity index (χ0) is 20.1. The first kappa shape index (κ1) is 18.8. The van der Waals surface area contributed by atoms with Crippen molar-refractivity contribution in [3.05, 3.63) is 96.4 Å². The summed E-state index contributed by atoms with van der Waals surface area (Å²) in [6, 6.07) is 22.8. The third-order valence-corrected chi connectivity index (χ3v) is 4.90. The summed E-state index contributed by atoms with van der Waals surface area (Å²) in [5, 5.41) is 3.42. The number of aromatic nitrogens is 3. The van der Waals surface area contributed by atoms with Crippen LogP contribution in [0.1, 0.15) is 30.9 Å². The van der Waals surface area contributed by atoms with Gasteiger partial charge in [0.25, 0.3) is 0 Å². The van der Waals surface area contributed by atoms with Crippen molar-refractivity contribution < 1.29 is 0 Å². The van der Waals surface area contributed by atoms with Crippen LogP contribution < -0.4 is 5.32 Å². The Kier molecular flexibility index (Phi) is 5.61. The average molecular weight is 380 g/mol. The zero-order valence-corrected chi connectivity index (χ0v) is 16.7. The standard InChI is InChI=1S/C25H24N4/c1-18(2)22-7-3-4-8-23(22)25-27-15-13-24(29-25)28-16-19-9-11-20(12-10-19)21-6-5-14-26-17-21/h3-15,17-18H,16H2,1-2H3,(H,27,28,29). The molecule has 0 amide bonds. The molecule has 0 aliphatic heterocycles. The average Bonchev–Trinajstić information content (AvgIpc) is 2.79. The van der Waals surface area contributed by atoms with Crippen LogP contribution in [0.2, 0.25) is 0 Å². The summed E-state index contributed by atoms with van der Waals surface area (Å²) in [4.78, 5) is 13.4. The molecule has 0 unspecified atom stereocenters. The number of hydrogen-bond acceptors (Lipinski definition) is 4. The number of benzene rings is 2. The molecule has 0 radical (unpaired) electrons. The Labute approximate surface area is 171 Å². The van der Waals surface area contributed by atoms with Gasteiger partial charge >= 0.3 is 0 Å². The van der Waals surface area contributed by atoms with E-state index in [0.717, 1.165) is 28.3 Å². The van der Waals surface area contributed by atoms with Crippen LogP contribution in [0.3, 0.4) is 0 Å². The summed E-state index contributed by atoms with van der Waals surface area (Å²) in [7, 11) is 0. The molecule has 2 heterocycles. The predicted molar refractivity (Wildman–Crippen MR) is 119 cm³/mol. The van der Waals surface area contributed by atoms with Gasteiger partial charge in [-0.05, 0) is 40.3 Å². The minimum atomic E-state index is 0.421. The molecule has 0 saturated heterocycles. The molecule has 1 N–H and O–H groups in total. The lowest BCUT2D eigenvalue weighted by Gasteiger charge is -2.12. The number of nitrogens with zero attached hydrogens (tertiary/aromatic N) is 3. The SMILES string of the molecule is CC(C)c1ccccc1-c1nccc(NCc2ccc(-c3cccnc3)cc2)n1. The van der Waals surface area contributed by atoms with Gasteiger partial charge in [-0.3, -0.25) is 4.98 Å². The topological polar surface area (TPSA) is 50.7 Å². The van der Waals surface area contributed by atoms with Crippen LogP contribution in [0.15, 0.2) is 85.3 Å². The Bertz CT molecular complexity index is 1070. The maximum atomic E-state index is 4.74. The molecule has 2 aromatic heterocycles. The molecule has 4 rings (SSSR count). The van der Waals surface area contributed by atoms with Crippen molar-refractivity contribution in [2.24, 2.45) is 0 Å². The van der Waals surface area contributed by atoms with E-state index in [9.17, 15) is 0 Å². The van der Waals surface area contributed by atoms with E-state index < -0.39 is 0 Å². The molecular formula is C25H24N4. The van der Waals surface area contributed by atoms with E-state index in [-0.39, 0.29) is 0 Å². The van der Waals surface area contributed by atoms with Gasteiger partial charge in [-0.25, -0.2) is 9.97 Å². The zero-order valence-electron chi connectivity index (χ0n) is 16.7. The maximum Gasteiger partial charge on any atom is 0.161 e. The van der Waals surface area contributed by atoms with Crippen LogP contribution in [-0.2, 0) is 6.54 Å². The summed E-state index contributed by atoms with van der Waals surface area (Å²) in [5.41, 5.74) is 5.83. The molecule has 2 aromatic carbocycles. The number of pyridine rings is 1. The molecule has 0 spiro atoms. The lowest BCUT2D eigenvalue weighted by Crippen LogP contribution is -2.03. The van der Waals surface area contributed by atoms with Crippen molar-refractivity contribution in [2.45, 2.75) is 26.3 Å². The molecule has 0 saturated carbocycles. The van der Waals surface area contributed by atoms with Crippen molar-refractivity contribution in [1.29, 1.82) is 0 Å². The summed E-state index contributed by atoms with van der Waals surface area (Å²) >= 11 is 0. The van der Waals surface area contributed by atoms with Gasteiger partial charge < -0.3 is 5.32 Å². The highest BCUT2D eigenvalue weighted by Gasteiger charge is 2.10. The fraction of sp³-hybridized carbons (Fsp3) is 0.160. The quantitative estimate of drug-likeness (QED) is 0.450. The fourth-order valence-corrected chi connectivity index (χ4v) is 3.33.